The van der Waals surface area contributed by atoms with Crippen molar-refractivity contribution in [2.24, 2.45) is 5.73 Å². The number of nitrogens with two attached hydrogens (primary N) is 1. The van der Waals surface area contributed by atoms with E-state index in [1.165, 1.54) is 10.9 Å². The Kier molecular flexibility index (Phi) is 2.07. The number of benzene rings is 1. The van der Waals surface area contributed by atoms with Gasteiger partial charge in [0.15, 0.2) is 0 Å². The van der Waals surface area contributed by atoms with Crippen molar-refractivity contribution in [3.8, 4) is 0 Å². The van der Waals surface area contributed by atoms with E-state index in [1.807, 2.05) is 6.07 Å². The molecule has 1 aromatic heterocycles. The number of fused-ring (bicyclic) bond motifs is 1. The summed E-state index contributed by atoms with van der Waals surface area (Å²) in [7, 11) is 0. The maximum Gasteiger partial charge on any atom is 0.137 e. The summed E-state index contributed by atoms with van der Waals surface area (Å²) in [5.74, 6) is 0.979. The molecule has 0 atom stereocenters. The Bertz CT molecular complexity index is 417. The fourth-order valence-corrected chi connectivity index (χ4v) is 1.53. The summed E-state index contributed by atoms with van der Waals surface area (Å²) in [5, 5.41) is 1.17. The molecule has 2 N–H and O–H groups in total. The Balaban J connectivity index is 2.55. The Morgan fingerprint density at radius 1 is 1.38 bits per heavy atom. The van der Waals surface area contributed by atoms with Crippen LogP contribution in [0.2, 0.25) is 0 Å². The molecule has 2 aromatic rings. The molecule has 2 nitrogen and oxygen atoms in total. The molecule has 0 fully saturated rings. The summed E-state index contributed by atoms with van der Waals surface area (Å²) < 4.78 is 5.66. The number of hydrogen-bond donors (Lipinski definition) is 1. The van der Waals surface area contributed by atoms with Crippen molar-refractivity contribution in [3.63, 3.8) is 0 Å². The molecule has 2 heteroatoms. The first-order chi connectivity index (χ1) is 6.31. The Labute approximate surface area is 77.3 Å². The minimum atomic E-state index is 0.638. The number of furan rings is 1. The molecule has 1 heterocycles. The van der Waals surface area contributed by atoms with Crippen molar-refractivity contribution in [1.82, 2.24) is 0 Å². The molecular weight excluding hydrogens is 162 g/mol. The fourth-order valence-electron chi connectivity index (χ4n) is 1.53. The molecule has 0 aliphatic carbocycles. The number of rotatable bonds is 2. The molecule has 1 aromatic carbocycles. The highest BCUT2D eigenvalue weighted by Gasteiger charge is 2.03. The van der Waals surface area contributed by atoms with Gasteiger partial charge in [-0.3, -0.25) is 0 Å². The van der Waals surface area contributed by atoms with E-state index in [4.69, 9.17) is 10.2 Å². The Morgan fingerprint density at radius 2 is 2.23 bits per heavy atom. The second kappa shape index (κ2) is 3.23. The van der Waals surface area contributed by atoms with Crippen molar-refractivity contribution < 1.29 is 4.42 Å². The van der Waals surface area contributed by atoms with Gasteiger partial charge < -0.3 is 10.2 Å². The number of para-hydroxylation sites is 1. The summed E-state index contributed by atoms with van der Waals surface area (Å²) in [6.07, 6.45) is 0.814. The van der Waals surface area contributed by atoms with E-state index in [0.717, 1.165) is 17.8 Å². The summed E-state index contributed by atoms with van der Waals surface area (Å²) in [4.78, 5) is 0. The van der Waals surface area contributed by atoms with Crippen molar-refractivity contribution in [2.45, 2.75) is 13.3 Å². The van der Waals surface area contributed by atoms with Crippen molar-refractivity contribution in [2.75, 3.05) is 6.54 Å². The predicted molar refractivity (Wildman–Crippen MR) is 53.7 cm³/mol. The van der Waals surface area contributed by atoms with Crippen LogP contribution >= 0.6 is 0 Å². The first kappa shape index (κ1) is 8.32. The van der Waals surface area contributed by atoms with Crippen LogP contribution in [-0.2, 0) is 6.42 Å². The molecule has 0 aliphatic rings. The van der Waals surface area contributed by atoms with Gasteiger partial charge in [-0.1, -0.05) is 18.2 Å². The lowest BCUT2D eigenvalue weighted by Crippen LogP contribution is -2.01. The van der Waals surface area contributed by atoms with Crippen LogP contribution in [0.4, 0.5) is 0 Å². The van der Waals surface area contributed by atoms with E-state index in [-0.39, 0.29) is 0 Å². The summed E-state index contributed by atoms with van der Waals surface area (Å²) in [5.41, 5.74) is 7.63. The SMILES string of the molecule is Cc1cccc2cc(CCN)oc12. The molecule has 0 bridgehead atoms. The van der Waals surface area contributed by atoms with E-state index in [2.05, 4.69) is 25.1 Å². The van der Waals surface area contributed by atoms with Gasteiger partial charge in [-0.15, -0.1) is 0 Å². The van der Waals surface area contributed by atoms with Crippen LogP contribution in [0.5, 0.6) is 0 Å². The van der Waals surface area contributed by atoms with Gasteiger partial charge in [0.25, 0.3) is 0 Å². The summed E-state index contributed by atoms with van der Waals surface area (Å²) in [6, 6.07) is 8.22. The highest BCUT2D eigenvalue weighted by molar-refractivity contribution is 5.80. The molecular formula is C11H13NO. The van der Waals surface area contributed by atoms with Crippen LogP contribution in [0, 0.1) is 6.92 Å². The van der Waals surface area contributed by atoms with Gasteiger partial charge in [0.2, 0.25) is 0 Å². The van der Waals surface area contributed by atoms with Crippen molar-refractivity contribution in [3.05, 3.63) is 35.6 Å². The standard InChI is InChI=1S/C11H13NO/c1-8-3-2-4-9-7-10(5-6-12)13-11(8)9/h2-4,7H,5-6,12H2,1H3. The van der Waals surface area contributed by atoms with E-state index in [9.17, 15) is 0 Å². The van der Waals surface area contributed by atoms with Crippen molar-refractivity contribution in [1.29, 1.82) is 0 Å². The first-order valence-electron chi connectivity index (χ1n) is 4.49. The molecule has 0 saturated heterocycles. The molecule has 2 rings (SSSR count). The van der Waals surface area contributed by atoms with Gasteiger partial charge >= 0.3 is 0 Å². The van der Waals surface area contributed by atoms with Crippen LogP contribution < -0.4 is 5.73 Å². The smallest absolute Gasteiger partial charge is 0.137 e. The minimum absolute atomic E-state index is 0.638. The molecule has 0 radical (unpaired) electrons. The van der Waals surface area contributed by atoms with Crippen LogP contribution in [0.25, 0.3) is 11.0 Å². The van der Waals surface area contributed by atoms with Gasteiger partial charge in [-0.2, -0.15) is 0 Å². The average molecular weight is 175 g/mol. The highest BCUT2D eigenvalue weighted by Crippen LogP contribution is 2.22. The second-order valence-corrected chi connectivity index (χ2v) is 3.24. The molecule has 0 spiro atoms. The van der Waals surface area contributed by atoms with Crippen LogP contribution in [0.1, 0.15) is 11.3 Å². The average Bonchev–Trinajstić information content (AvgIpc) is 2.49. The minimum Gasteiger partial charge on any atom is -0.461 e. The maximum atomic E-state index is 5.66. The highest BCUT2D eigenvalue weighted by atomic mass is 16.3. The molecule has 68 valence electrons. The van der Waals surface area contributed by atoms with Gasteiger partial charge in [-0.25, -0.2) is 0 Å². The fraction of sp³-hybridized carbons (Fsp3) is 0.273. The van der Waals surface area contributed by atoms with E-state index >= 15 is 0 Å². The quantitative estimate of drug-likeness (QED) is 0.760. The lowest BCUT2D eigenvalue weighted by molar-refractivity contribution is 0.548. The predicted octanol–water partition coefficient (Wildman–Crippen LogP) is 2.24. The Morgan fingerprint density at radius 3 is 2.92 bits per heavy atom. The summed E-state index contributed by atoms with van der Waals surface area (Å²) in [6.45, 7) is 2.69. The first-order valence-corrected chi connectivity index (χ1v) is 4.49. The lowest BCUT2D eigenvalue weighted by Gasteiger charge is -1.92. The maximum absolute atomic E-state index is 5.66. The van der Waals surface area contributed by atoms with Crippen LogP contribution in [-0.4, -0.2) is 6.54 Å². The van der Waals surface area contributed by atoms with E-state index in [1.54, 1.807) is 0 Å². The number of aryl methyl sites for hydroxylation is 1. The zero-order valence-corrected chi connectivity index (χ0v) is 7.71. The largest absolute Gasteiger partial charge is 0.461 e. The Hall–Kier alpha value is -1.28. The third kappa shape index (κ3) is 1.45. The van der Waals surface area contributed by atoms with Crippen molar-refractivity contribution >= 4 is 11.0 Å². The van der Waals surface area contributed by atoms with Gasteiger partial charge in [0.1, 0.15) is 11.3 Å². The van der Waals surface area contributed by atoms with Gasteiger partial charge in [0.05, 0.1) is 0 Å². The zero-order valence-electron chi connectivity index (χ0n) is 7.71. The topological polar surface area (TPSA) is 39.2 Å². The number of hydrogen-bond acceptors (Lipinski definition) is 2. The molecule has 0 aliphatic heterocycles. The third-order valence-electron chi connectivity index (χ3n) is 2.18. The van der Waals surface area contributed by atoms with Gasteiger partial charge in [0, 0.05) is 11.8 Å². The van der Waals surface area contributed by atoms with Crippen LogP contribution in [0.3, 0.4) is 0 Å². The van der Waals surface area contributed by atoms with Gasteiger partial charge in [-0.05, 0) is 25.1 Å². The monoisotopic (exact) mass is 175 g/mol. The second-order valence-electron chi connectivity index (χ2n) is 3.24. The van der Waals surface area contributed by atoms with E-state index in [0.29, 0.717) is 6.54 Å². The zero-order chi connectivity index (χ0) is 9.26. The summed E-state index contributed by atoms with van der Waals surface area (Å²) >= 11 is 0. The molecule has 0 unspecified atom stereocenters. The normalized spacial score (nSPS) is 10.9. The lowest BCUT2D eigenvalue weighted by atomic mass is 10.2. The van der Waals surface area contributed by atoms with E-state index < -0.39 is 0 Å². The van der Waals surface area contributed by atoms with Crippen LogP contribution in [0.15, 0.2) is 28.7 Å². The third-order valence-corrected chi connectivity index (χ3v) is 2.18. The molecule has 0 saturated carbocycles. The molecule has 13 heavy (non-hydrogen) atoms. The molecule has 0 amide bonds.